The summed E-state index contributed by atoms with van der Waals surface area (Å²) in [5.74, 6) is 0.0484. The highest BCUT2D eigenvalue weighted by Gasteiger charge is 2.19. The Hall–Kier alpha value is -1.35. The van der Waals surface area contributed by atoms with Crippen molar-refractivity contribution < 1.29 is 4.79 Å². The molecule has 0 aliphatic carbocycles. The fraction of sp³-hybridized carbons (Fsp3) is 0.533. The average Bonchev–Trinajstić information content (AvgIpc) is 2.27. The summed E-state index contributed by atoms with van der Waals surface area (Å²) in [5, 5.41) is 5.91. The molecule has 0 radical (unpaired) electrons. The van der Waals surface area contributed by atoms with E-state index >= 15 is 0 Å². The summed E-state index contributed by atoms with van der Waals surface area (Å²) in [6.07, 6.45) is 1.92. The van der Waals surface area contributed by atoms with Gasteiger partial charge >= 0.3 is 0 Å². The maximum absolute atomic E-state index is 11.6. The largest absolute Gasteiger partial charge is 0.350 e. The lowest BCUT2D eigenvalue weighted by molar-refractivity contribution is -0.121. The monoisotopic (exact) mass is 248 g/mol. The quantitative estimate of drug-likeness (QED) is 0.809. The van der Waals surface area contributed by atoms with E-state index in [1.165, 1.54) is 11.1 Å². The minimum absolute atomic E-state index is 0.0484. The first kappa shape index (κ1) is 14.7. The van der Waals surface area contributed by atoms with Gasteiger partial charge in [-0.1, -0.05) is 24.3 Å². The van der Waals surface area contributed by atoms with E-state index in [-0.39, 0.29) is 11.4 Å². The van der Waals surface area contributed by atoms with Gasteiger partial charge in [0.15, 0.2) is 0 Å². The van der Waals surface area contributed by atoms with Crippen molar-refractivity contribution in [3.63, 3.8) is 0 Å². The molecule has 0 bridgehead atoms. The van der Waals surface area contributed by atoms with Crippen LogP contribution >= 0.6 is 0 Å². The van der Waals surface area contributed by atoms with Crippen molar-refractivity contribution in [3.8, 4) is 0 Å². The van der Waals surface area contributed by atoms with Crippen molar-refractivity contribution in [2.24, 2.45) is 0 Å². The highest BCUT2D eigenvalue weighted by atomic mass is 16.2. The average molecular weight is 248 g/mol. The first-order chi connectivity index (χ1) is 8.44. The van der Waals surface area contributed by atoms with E-state index in [4.69, 9.17) is 0 Å². The number of carbonyl (C=O) groups excluding carboxylic acids is 1. The molecule has 1 rings (SSSR count). The molecule has 0 spiro atoms. The van der Waals surface area contributed by atoms with Crippen LogP contribution in [0.5, 0.6) is 0 Å². The van der Waals surface area contributed by atoms with Crippen molar-refractivity contribution in [2.45, 2.75) is 39.2 Å². The molecule has 1 aromatic carbocycles. The van der Waals surface area contributed by atoms with Crippen LogP contribution in [-0.4, -0.2) is 25.0 Å². The molecule has 0 unspecified atom stereocenters. The van der Waals surface area contributed by atoms with E-state index in [1.54, 1.807) is 7.05 Å². The second-order valence-corrected chi connectivity index (χ2v) is 5.39. The third-order valence-electron chi connectivity index (χ3n) is 3.10. The van der Waals surface area contributed by atoms with E-state index in [1.807, 2.05) is 0 Å². The summed E-state index contributed by atoms with van der Waals surface area (Å²) in [6, 6.07) is 8.40. The second-order valence-electron chi connectivity index (χ2n) is 5.39. The Balaban J connectivity index is 2.51. The molecule has 3 heteroatoms. The maximum Gasteiger partial charge on any atom is 0.234 e. The van der Waals surface area contributed by atoms with Crippen LogP contribution in [0.1, 0.15) is 31.4 Å². The third-order valence-corrected chi connectivity index (χ3v) is 3.10. The van der Waals surface area contributed by atoms with Crippen LogP contribution in [0, 0.1) is 6.92 Å². The third kappa shape index (κ3) is 4.88. The van der Waals surface area contributed by atoms with Gasteiger partial charge in [-0.3, -0.25) is 4.79 Å². The van der Waals surface area contributed by atoms with Crippen LogP contribution < -0.4 is 10.6 Å². The van der Waals surface area contributed by atoms with Gasteiger partial charge in [0.2, 0.25) is 5.91 Å². The molecule has 0 aliphatic heterocycles. The zero-order valence-electron chi connectivity index (χ0n) is 11.8. The lowest BCUT2D eigenvalue weighted by atomic mass is 9.93. The first-order valence-corrected chi connectivity index (χ1v) is 6.45. The number of rotatable bonds is 6. The molecule has 0 fully saturated rings. The van der Waals surface area contributed by atoms with Gasteiger partial charge in [-0.2, -0.15) is 0 Å². The summed E-state index contributed by atoms with van der Waals surface area (Å²) in [6.45, 7) is 6.63. The highest BCUT2D eigenvalue weighted by Crippen LogP contribution is 2.16. The molecule has 0 saturated heterocycles. The molecule has 2 N–H and O–H groups in total. The summed E-state index contributed by atoms with van der Waals surface area (Å²) >= 11 is 0. The number of hydrogen-bond acceptors (Lipinski definition) is 2. The van der Waals surface area contributed by atoms with Crippen molar-refractivity contribution in [1.29, 1.82) is 0 Å². The molecule has 0 aliphatic rings. The fourth-order valence-electron chi connectivity index (χ4n) is 1.98. The van der Waals surface area contributed by atoms with Crippen LogP contribution in [0.15, 0.2) is 24.3 Å². The smallest absolute Gasteiger partial charge is 0.234 e. The van der Waals surface area contributed by atoms with E-state index in [9.17, 15) is 4.79 Å². The summed E-state index contributed by atoms with van der Waals surface area (Å²) in [7, 11) is 1.78. The molecular formula is C15H24N2O. The van der Waals surface area contributed by atoms with E-state index < -0.39 is 0 Å². The van der Waals surface area contributed by atoms with Gasteiger partial charge < -0.3 is 10.6 Å². The van der Waals surface area contributed by atoms with Gasteiger partial charge in [-0.25, -0.2) is 0 Å². The molecule has 1 aromatic rings. The van der Waals surface area contributed by atoms with Gasteiger partial charge in [0.25, 0.3) is 0 Å². The van der Waals surface area contributed by atoms with Crippen molar-refractivity contribution >= 4 is 5.91 Å². The molecule has 0 saturated carbocycles. The second kappa shape index (κ2) is 6.55. The Morgan fingerprint density at radius 1 is 1.28 bits per heavy atom. The lowest BCUT2D eigenvalue weighted by Gasteiger charge is -2.26. The van der Waals surface area contributed by atoms with Gasteiger partial charge in [-0.15, -0.1) is 0 Å². The van der Waals surface area contributed by atoms with Gasteiger partial charge in [0, 0.05) is 5.54 Å². The number of aryl methyl sites for hydroxylation is 2. The molecular weight excluding hydrogens is 224 g/mol. The number of likely N-dealkylation sites (N-methyl/N-ethyl adjacent to an activating group) is 1. The highest BCUT2D eigenvalue weighted by molar-refractivity contribution is 5.78. The maximum atomic E-state index is 11.6. The zero-order valence-corrected chi connectivity index (χ0v) is 11.8. The predicted molar refractivity (Wildman–Crippen MR) is 75.6 cm³/mol. The Bertz CT molecular complexity index is 399. The minimum atomic E-state index is -0.170. The topological polar surface area (TPSA) is 41.1 Å². The van der Waals surface area contributed by atoms with Crippen LogP contribution in [0.3, 0.4) is 0 Å². The number of nitrogens with one attached hydrogen (secondary N) is 2. The Morgan fingerprint density at radius 3 is 2.56 bits per heavy atom. The van der Waals surface area contributed by atoms with Crippen molar-refractivity contribution in [3.05, 3.63) is 35.4 Å². The molecule has 0 heterocycles. The molecule has 18 heavy (non-hydrogen) atoms. The number of benzene rings is 1. The minimum Gasteiger partial charge on any atom is -0.350 e. The Kier molecular flexibility index (Phi) is 5.35. The summed E-state index contributed by atoms with van der Waals surface area (Å²) in [5.41, 5.74) is 2.50. The van der Waals surface area contributed by atoms with Crippen LogP contribution in [-0.2, 0) is 11.2 Å². The van der Waals surface area contributed by atoms with Crippen molar-refractivity contribution in [2.75, 3.05) is 13.6 Å². The molecule has 3 nitrogen and oxygen atoms in total. The van der Waals surface area contributed by atoms with Crippen molar-refractivity contribution in [1.82, 2.24) is 10.6 Å². The van der Waals surface area contributed by atoms with E-state index in [2.05, 4.69) is 55.7 Å². The molecule has 0 aromatic heterocycles. The summed E-state index contributed by atoms with van der Waals surface area (Å²) in [4.78, 5) is 11.6. The van der Waals surface area contributed by atoms with Crippen LogP contribution in [0.4, 0.5) is 0 Å². The Morgan fingerprint density at radius 2 is 1.94 bits per heavy atom. The molecule has 1 amide bonds. The lowest BCUT2D eigenvalue weighted by Crippen LogP contribution is -2.46. The number of amides is 1. The van der Waals surface area contributed by atoms with E-state index in [0.29, 0.717) is 6.54 Å². The molecule has 0 atom stereocenters. The zero-order chi connectivity index (χ0) is 13.6. The molecule has 100 valence electrons. The van der Waals surface area contributed by atoms with Crippen LogP contribution in [0.2, 0.25) is 0 Å². The van der Waals surface area contributed by atoms with Gasteiger partial charge in [-0.05, 0) is 51.8 Å². The van der Waals surface area contributed by atoms with E-state index in [0.717, 1.165) is 12.8 Å². The number of hydrogen-bond donors (Lipinski definition) is 2. The van der Waals surface area contributed by atoms with Crippen LogP contribution in [0.25, 0.3) is 0 Å². The van der Waals surface area contributed by atoms with Gasteiger partial charge in [0.05, 0.1) is 6.54 Å². The summed E-state index contributed by atoms with van der Waals surface area (Å²) < 4.78 is 0. The fourth-order valence-corrected chi connectivity index (χ4v) is 1.98. The first-order valence-electron chi connectivity index (χ1n) is 6.45. The SMILES string of the molecule is CNCC(=O)NC(C)(C)CCc1ccccc1C. The normalized spacial score (nSPS) is 11.3. The predicted octanol–water partition coefficient (Wildman–Crippen LogP) is 2.04. The number of carbonyl (C=O) groups is 1. The van der Waals surface area contributed by atoms with Gasteiger partial charge in [0.1, 0.15) is 0 Å². The standard InChI is InChI=1S/C15H24N2O/c1-12-7-5-6-8-13(12)9-10-15(2,3)17-14(18)11-16-4/h5-8,16H,9-11H2,1-4H3,(H,17,18). The Labute approximate surface area is 110 Å².